The molecule has 13 heavy (non-hydrogen) atoms. The molecule has 0 saturated carbocycles. The van der Waals surface area contributed by atoms with Crippen LogP contribution in [0.2, 0.25) is 0 Å². The largest absolute Gasteiger partial charge is 0.389 e. The van der Waals surface area contributed by atoms with Crippen LogP contribution in [0.15, 0.2) is 0 Å². The molecule has 2 nitrogen and oxygen atoms in total. The third-order valence-corrected chi connectivity index (χ3v) is 3.53. The van der Waals surface area contributed by atoms with Gasteiger partial charge in [-0.15, -0.1) is 0 Å². The van der Waals surface area contributed by atoms with Crippen LogP contribution >= 0.6 is 0 Å². The molecule has 1 saturated heterocycles. The smallest absolute Gasteiger partial charge is 0.0697 e. The summed E-state index contributed by atoms with van der Waals surface area (Å²) < 4.78 is 5.30. The second-order valence-electron chi connectivity index (χ2n) is 5.28. The minimum atomic E-state index is -0.573. The molecule has 0 aliphatic carbocycles. The quantitative estimate of drug-likeness (QED) is 0.680. The van der Waals surface area contributed by atoms with E-state index in [1.54, 1.807) is 0 Å². The van der Waals surface area contributed by atoms with Crippen LogP contribution in [0.3, 0.4) is 0 Å². The van der Waals surface area contributed by atoms with E-state index in [1.165, 1.54) is 0 Å². The molecule has 0 radical (unpaired) electrons. The summed E-state index contributed by atoms with van der Waals surface area (Å²) in [4.78, 5) is 0. The molecule has 1 rings (SSSR count). The highest BCUT2D eigenvalue weighted by atomic mass is 16.5. The molecule has 0 aromatic heterocycles. The molecule has 78 valence electrons. The average Bonchev–Trinajstić information content (AvgIpc) is 2.04. The van der Waals surface area contributed by atoms with E-state index in [-0.39, 0.29) is 5.41 Å². The fourth-order valence-corrected chi connectivity index (χ4v) is 1.87. The van der Waals surface area contributed by atoms with Crippen molar-refractivity contribution in [1.29, 1.82) is 0 Å². The summed E-state index contributed by atoms with van der Waals surface area (Å²) in [5.74, 6) is 0.390. The van der Waals surface area contributed by atoms with Crippen molar-refractivity contribution in [2.75, 3.05) is 13.2 Å². The number of hydrogen-bond donors (Lipinski definition) is 1. The van der Waals surface area contributed by atoms with Crippen LogP contribution in [0.1, 0.15) is 40.5 Å². The molecule has 1 fully saturated rings. The Bertz CT molecular complexity index is 161. The van der Waals surface area contributed by atoms with Crippen molar-refractivity contribution in [2.24, 2.45) is 11.3 Å². The van der Waals surface area contributed by atoms with E-state index in [2.05, 4.69) is 20.8 Å². The lowest BCUT2D eigenvalue weighted by molar-refractivity contribution is -0.117. The van der Waals surface area contributed by atoms with E-state index in [1.807, 2.05) is 6.92 Å². The Morgan fingerprint density at radius 1 is 1.08 bits per heavy atom. The van der Waals surface area contributed by atoms with E-state index >= 15 is 0 Å². The highest BCUT2D eigenvalue weighted by molar-refractivity contribution is 4.93. The Labute approximate surface area is 81.3 Å². The minimum absolute atomic E-state index is 0.0466. The number of ether oxygens (including phenoxy) is 1. The molecule has 1 aliphatic rings. The third-order valence-electron chi connectivity index (χ3n) is 3.53. The van der Waals surface area contributed by atoms with Crippen LogP contribution in [-0.4, -0.2) is 23.9 Å². The van der Waals surface area contributed by atoms with Crippen molar-refractivity contribution in [3.05, 3.63) is 0 Å². The summed E-state index contributed by atoms with van der Waals surface area (Å²) >= 11 is 0. The molecule has 0 amide bonds. The van der Waals surface area contributed by atoms with Gasteiger partial charge in [0.15, 0.2) is 0 Å². The fourth-order valence-electron chi connectivity index (χ4n) is 1.87. The molecule has 2 heteroatoms. The Hall–Kier alpha value is -0.0800. The Balaban J connectivity index is 2.67. The number of hydrogen-bond acceptors (Lipinski definition) is 2. The zero-order valence-corrected chi connectivity index (χ0v) is 9.26. The Morgan fingerprint density at radius 2 is 1.54 bits per heavy atom. The molecular weight excluding hydrogens is 164 g/mol. The molecule has 0 aromatic carbocycles. The van der Waals surface area contributed by atoms with Gasteiger partial charge in [0.1, 0.15) is 0 Å². The first kappa shape index (κ1) is 11.0. The maximum atomic E-state index is 10.4. The Kier molecular flexibility index (Phi) is 3.03. The fraction of sp³-hybridized carbons (Fsp3) is 1.00. The Morgan fingerprint density at radius 3 is 1.92 bits per heavy atom. The molecular formula is C11H22O2. The maximum absolute atomic E-state index is 10.4. The van der Waals surface area contributed by atoms with Crippen molar-refractivity contribution < 1.29 is 9.84 Å². The van der Waals surface area contributed by atoms with Crippen molar-refractivity contribution >= 4 is 0 Å². The van der Waals surface area contributed by atoms with Gasteiger partial charge in [-0.3, -0.25) is 0 Å². The molecule has 1 unspecified atom stereocenters. The van der Waals surface area contributed by atoms with Crippen molar-refractivity contribution in [3.8, 4) is 0 Å². The van der Waals surface area contributed by atoms with Crippen molar-refractivity contribution in [1.82, 2.24) is 0 Å². The van der Waals surface area contributed by atoms with Crippen LogP contribution in [0.5, 0.6) is 0 Å². The summed E-state index contributed by atoms with van der Waals surface area (Å²) in [7, 11) is 0. The second kappa shape index (κ2) is 3.58. The molecule has 0 spiro atoms. The monoisotopic (exact) mass is 186 g/mol. The zero-order valence-electron chi connectivity index (χ0n) is 9.26. The van der Waals surface area contributed by atoms with Crippen LogP contribution in [0.4, 0.5) is 0 Å². The molecule has 0 bridgehead atoms. The summed E-state index contributed by atoms with van der Waals surface area (Å²) in [5, 5.41) is 10.4. The van der Waals surface area contributed by atoms with Crippen molar-refractivity contribution in [3.63, 3.8) is 0 Å². The first-order valence-electron chi connectivity index (χ1n) is 5.16. The minimum Gasteiger partial charge on any atom is -0.389 e. The lowest BCUT2D eigenvalue weighted by atomic mass is 9.68. The highest BCUT2D eigenvalue weighted by Gasteiger charge is 2.42. The maximum Gasteiger partial charge on any atom is 0.0697 e. The van der Waals surface area contributed by atoms with Gasteiger partial charge in [-0.05, 0) is 31.1 Å². The van der Waals surface area contributed by atoms with E-state index < -0.39 is 5.60 Å². The van der Waals surface area contributed by atoms with Gasteiger partial charge in [0.2, 0.25) is 0 Å². The highest BCUT2D eigenvalue weighted by Crippen LogP contribution is 2.40. The van der Waals surface area contributed by atoms with Crippen LogP contribution in [0.25, 0.3) is 0 Å². The second-order valence-corrected chi connectivity index (χ2v) is 5.28. The summed E-state index contributed by atoms with van der Waals surface area (Å²) in [5.41, 5.74) is -0.619. The van der Waals surface area contributed by atoms with E-state index in [0.717, 1.165) is 26.1 Å². The predicted molar refractivity (Wildman–Crippen MR) is 53.6 cm³/mol. The lowest BCUT2D eigenvalue weighted by Gasteiger charge is -2.44. The first-order valence-corrected chi connectivity index (χ1v) is 5.16. The van der Waals surface area contributed by atoms with Crippen LogP contribution in [0, 0.1) is 11.3 Å². The van der Waals surface area contributed by atoms with Crippen molar-refractivity contribution in [2.45, 2.75) is 46.1 Å². The molecule has 1 heterocycles. The van der Waals surface area contributed by atoms with Gasteiger partial charge < -0.3 is 9.84 Å². The van der Waals surface area contributed by atoms with Gasteiger partial charge in [-0.2, -0.15) is 0 Å². The van der Waals surface area contributed by atoms with Gasteiger partial charge >= 0.3 is 0 Å². The van der Waals surface area contributed by atoms with Gasteiger partial charge in [0, 0.05) is 13.2 Å². The van der Waals surface area contributed by atoms with Crippen LogP contribution in [-0.2, 0) is 4.74 Å². The molecule has 0 aromatic rings. The normalized spacial score (nSPS) is 25.6. The SMILES string of the molecule is CC(C)(C)C(C)(O)C1CCOCC1. The first-order chi connectivity index (χ1) is 5.86. The predicted octanol–water partition coefficient (Wildman–Crippen LogP) is 2.21. The van der Waals surface area contributed by atoms with E-state index in [0.29, 0.717) is 5.92 Å². The average molecular weight is 186 g/mol. The summed E-state index contributed by atoms with van der Waals surface area (Å²) in [6.45, 7) is 9.87. The standard InChI is InChI=1S/C11H22O2/c1-10(2,3)11(4,12)9-5-7-13-8-6-9/h9,12H,5-8H2,1-4H3. The zero-order chi connectivity index (χ0) is 10.1. The van der Waals surface area contributed by atoms with E-state index in [9.17, 15) is 5.11 Å². The van der Waals surface area contributed by atoms with E-state index in [4.69, 9.17) is 4.74 Å². The molecule has 1 N–H and O–H groups in total. The number of aliphatic hydroxyl groups is 1. The van der Waals surface area contributed by atoms with Crippen LogP contribution < -0.4 is 0 Å². The van der Waals surface area contributed by atoms with Gasteiger partial charge in [-0.1, -0.05) is 20.8 Å². The number of rotatable bonds is 1. The van der Waals surface area contributed by atoms with Gasteiger partial charge in [0.25, 0.3) is 0 Å². The van der Waals surface area contributed by atoms with Gasteiger partial charge in [0.05, 0.1) is 5.60 Å². The lowest BCUT2D eigenvalue weighted by Crippen LogP contribution is -2.48. The third kappa shape index (κ3) is 2.23. The summed E-state index contributed by atoms with van der Waals surface area (Å²) in [6, 6.07) is 0. The topological polar surface area (TPSA) is 29.5 Å². The molecule has 1 atom stereocenters. The van der Waals surface area contributed by atoms with Gasteiger partial charge in [-0.25, -0.2) is 0 Å². The molecule has 1 aliphatic heterocycles. The summed E-state index contributed by atoms with van der Waals surface area (Å²) in [6.07, 6.45) is 1.98.